The van der Waals surface area contributed by atoms with Crippen molar-refractivity contribution < 1.29 is 27.4 Å². The van der Waals surface area contributed by atoms with E-state index in [1.807, 2.05) is 6.92 Å². The van der Waals surface area contributed by atoms with E-state index in [1.54, 1.807) is 0 Å². The van der Waals surface area contributed by atoms with Crippen molar-refractivity contribution in [3.63, 3.8) is 0 Å². The van der Waals surface area contributed by atoms with Gasteiger partial charge in [0.15, 0.2) is 0 Å². The van der Waals surface area contributed by atoms with Gasteiger partial charge in [0.1, 0.15) is 5.75 Å². The second kappa shape index (κ2) is 7.57. The van der Waals surface area contributed by atoms with Crippen LogP contribution in [0.3, 0.4) is 0 Å². The minimum Gasteiger partial charge on any atom is -0.463 e. The molecule has 1 rings (SSSR count). The topological polar surface area (TPSA) is 35.5 Å². The molecule has 1 aromatic rings. The molecule has 1 aromatic carbocycles. The Morgan fingerprint density at radius 2 is 1.90 bits per heavy atom. The molecule has 20 heavy (non-hydrogen) atoms. The highest BCUT2D eigenvalue weighted by Gasteiger charge is 2.30. The Labute approximate surface area is 115 Å². The summed E-state index contributed by atoms with van der Waals surface area (Å²) in [6, 6.07) is 5.18. The number of alkyl halides is 3. The van der Waals surface area contributed by atoms with Gasteiger partial charge in [-0.3, -0.25) is 0 Å². The van der Waals surface area contributed by atoms with Crippen molar-refractivity contribution in [3.8, 4) is 5.75 Å². The lowest BCUT2D eigenvalue weighted by Crippen LogP contribution is -2.16. The van der Waals surface area contributed by atoms with Gasteiger partial charge in [0.05, 0.1) is 6.61 Å². The van der Waals surface area contributed by atoms with Crippen LogP contribution in [-0.4, -0.2) is 18.9 Å². The SMILES string of the molecule is CCCCOC(=O)/C=C/c1ccc(OC(F)(F)F)cc1. The number of halogens is 3. The van der Waals surface area contributed by atoms with E-state index in [-0.39, 0.29) is 5.75 Å². The van der Waals surface area contributed by atoms with Gasteiger partial charge in [0.25, 0.3) is 0 Å². The second-order valence-electron chi connectivity index (χ2n) is 3.97. The number of hydrogen-bond acceptors (Lipinski definition) is 3. The fourth-order valence-electron chi connectivity index (χ4n) is 1.31. The van der Waals surface area contributed by atoms with E-state index >= 15 is 0 Å². The summed E-state index contributed by atoms with van der Waals surface area (Å²) >= 11 is 0. The molecule has 0 saturated carbocycles. The third-order valence-electron chi connectivity index (χ3n) is 2.27. The van der Waals surface area contributed by atoms with Crippen LogP contribution >= 0.6 is 0 Å². The summed E-state index contributed by atoms with van der Waals surface area (Å²) in [6.07, 6.45) is -0.290. The number of benzene rings is 1. The number of rotatable bonds is 6. The van der Waals surface area contributed by atoms with Gasteiger partial charge >= 0.3 is 12.3 Å². The Balaban J connectivity index is 2.50. The number of carbonyl (C=O) groups excluding carboxylic acids is 1. The summed E-state index contributed by atoms with van der Waals surface area (Å²) < 4.78 is 44.5. The molecule has 0 radical (unpaired) electrons. The van der Waals surface area contributed by atoms with E-state index in [0.717, 1.165) is 12.8 Å². The first-order chi connectivity index (χ1) is 9.40. The molecular weight excluding hydrogens is 273 g/mol. The van der Waals surface area contributed by atoms with Crippen molar-refractivity contribution in [3.05, 3.63) is 35.9 Å². The molecule has 0 atom stereocenters. The van der Waals surface area contributed by atoms with Crippen LogP contribution in [0.2, 0.25) is 0 Å². The average Bonchev–Trinajstić information content (AvgIpc) is 2.36. The fraction of sp³-hybridized carbons (Fsp3) is 0.357. The Bertz CT molecular complexity index is 450. The standard InChI is InChI=1S/C14H15F3O3/c1-2-3-10-19-13(18)9-6-11-4-7-12(8-5-11)20-14(15,16)17/h4-9H,2-3,10H2,1H3/b9-6+. The van der Waals surface area contributed by atoms with Gasteiger partial charge in [-0.25, -0.2) is 4.79 Å². The summed E-state index contributed by atoms with van der Waals surface area (Å²) in [5.74, 6) is -0.783. The molecule has 0 unspecified atom stereocenters. The highest BCUT2D eigenvalue weighted by Crippen LogP contribution is 2.22. The van der Waals surface area contributed by atoms with Crippen LogP contribution in [-0.2, 0) is 9.53 Å². The lowest BCUT2D eigenvalue weighted by Gasteiger charge is -2.08. The number of carbonyl (C=O) groups is 1. The predicted octanol–water partition coefficient (Wildman–Crippen LogP) is 3.94. The molecule has 0 fully saturated rings. The minimum absolute atomic E-state index is 0.305. The van der Waals surface area contributed by atoms with Gasteiger partial charge in [0.2, 0.25) is 0 Å². The van der Waals surface area contributed by atoms with Crippen molar-refractivity contribution in [2.75, 3.05) is 6.61 Å². The maximum absolute atomic E-state index is 11.9. The van der Waals surface area contributed by atoms with Crippen molar-refractivity contribution in [2.24, 2.45) is 0 Å². The summed E-state index contributed by atoms with van der Waals surface area (Å²) in [5, 5.41) is 0. The van der Waals surface area contributed by atoms with E-state index in [0.29, 0.717) is 12.2 Å². The summed E-state index contributed by atoms with van der Waals surface area (Å²) in [7, 11) is 0. The van der Waals surface area contributed by atoms with Gasteiger partial charge in [-0.05, 0) is 30.2 Å². The normalized spacial score (nSPS) is 11.6. The summed E-state index contributed by atoms with van der Waals surface area (Å²) in [4.78, 5) is 11.3. The maximum Gasteiger partial charge on any atom is 0.573 e. The van der Waals surface area contributed by atoms with Crippen LogP contribution in [0.5, 0.6) is 5.75 Å². The molecule has 110 valence electrons. The molecule has 0 aromatic heterocycles. The molecule has 0 heterocycles. The molecule has 0 bridgehead atoms. The first-order valence-corrected chi connectivity index (χ1v) is 6.11. The van der Waals surface area contributed by atoms with Gasteiger partial charge in [-0.2, -0.15) is 0 Å². The van der Waals surface area contributed by atoms with Crippen LogP contribution in [0, 0.1) is 0 Å². The second-order valence-corrected chi connectivity index (χ2v) is 3.97. The Hall–Kier alpha value is -1.98. The van der Waals surface area contributed by atoms with Gasteiger partial charge in [-0.15, -0.1) is 13.2 Å². The quantitative estimate of drug-likeness (QED) is 0.452. The molecule has 0 saturated heterocycles. The molecule has 0 amide bonds. The lowest BCUT2D eigenvalue weighted by molar-refractivity contribution is -0.274. The molecule has 0 aliphatic heterocycles. The van der Waals surface area contributed by atoms with E-state index in [2.05, 4.69) is 4.74 Å². The van der Waals surface area contributed by atoms with E-state index in [9.17, 15) is 18.0 Å². The Kier molecular flexibility index (Phi) is 6.09. The van der Waals surface area contributed by atoms with Crippen LogP contribution in [0.15, 0.2) is 30.3 Å². The minimum atomic E-state index is -4.71. The largest absolute Gasteiger partial charge is 0.573 e. The number of hydrogen-bond donors (Lipinski definition) is 0. The number of unbranched alkanes of at least 4 members (excludes halogenated alkanes) is 1. The van der Waals surface area contributed by atoms with Gasteiger partial charge in [-0.1, -0.05) is 25.5 Å². The number of ether oxygens (including phenoxy) is 2. The summed E-state index contributed by atoms with van der Waals surface area (Å²) in [6.45, 7) is 2.34. The molecule has 0 spiro atoms. The zero-order chi connectivity index (χ0) is 15.0. The Morgan fingerprint density at radius 3 is 2.45 bits per heavy atom. The van der Waals surface area contributed by atoms with Crippen LogP contribution in [0.25, 0.3) is 6.08 Å². The third kappa shape index (κ3) is 6.82. The molecule has 0 aliphatic carbocycles. The third-order valence-corrected chi connectivity index (χ3v) is 2.27. The van der Waals surface area contributed by atoms with Crippen LogP contribution in [0.1, 0.15) is 25.3 Å². The zero-order valence-corrected chi connectivity index (χ0v) is 10.9. The van der Waals surface area contributed by atoms with Crippen molar-refractivity contribution in [1.82, 2.24) is 0 Å². The molecule has 0 aliphatic rings. The van der Waals surface area contributed by atoms with Crippen molar-refractivity contribution in [1.29, 1.82) is 0 Å². The lowest BCUT2D eigenvalue weighted by atomic mass is 10.2. The van der Waals surface area contributed by atoms with Crippen LogP contribution < -0.4 is 4.74 Å². The Morgan fingerprint density at radius 1 is 1.25 bits per heavy atom. The molecule has 0 N–H and O–H groups in total. The molecule has 6 heteroatoms. The van der Waals surface area contributed by atoms with Crippen LogP contribution in [0.4, 0.5) is 13.2 Å². The van der Waals surface area contributed by atoms with Crippen molar-refractivity contribution in [2.45, 2.75) is 26.1 Å². The highest BCUT2D eigenvalue weighted by atomic mass is 19.4. The molecule has 3 nitrogen and oxygen atoms in total. The van der Waals surface area contributed by atoms with E-state index < -0.39 is 12.3 Å². The smallest absolute Gasteiger partial charge is 0.463 e. The fourth-order valence-corrected chi connectivity index (χ4v) is 1.31. The first-order valence-electron chi connectivity index (χ1n) is 6.11. The monoisotopic (exact) mass is 288 g/mol. The first kappa shape index (κ1) is 16.1. The van der Waals surface area contributed by atoms with Gasteiger partial charge < -0.3 is 9.47 Å². The van der Waals surface area contributed by atoms with E-state index in [1.165, 1.54) is 36.4 Å². The van der Waals surface area contributed by atoms with Crippen molar-refractivity contribution >= 4 is 12.0 Å². The number of esters is 1. The predicted molar refractivity (Wildman–Crippen MR) is 68.0 cm³/mol. The van der Waals surface area contributed by atoms with E-state index in [4.69, 9.17) is 4.74 Å². The summed E-state index contributed by atoms with van der Waals surface area (Å²) in [5.41, 5.74) is 0.576. The average molecular weight is 288 g/mol. The highest BCUT2D eigenvalue weighted by molar-refractivity contribution is 5.87. The maximum atomic E-state index is 11.9. The zero-order valence-electron chi connectivity index (χ0n) is 10.9. The van der Waals surface area contributed by atoms with Gasteiger partial charge in [0, 0.05) is 6.08 Å². The molecular formula is C14H15F3O3.